The summed E-state index contributed by atoms with van der Waals surface area (Å²) in [5, 5.41) is 2.98. The van der Waals surface area contributed by atoms with Crippen molar-refractivity contribution in [3.63, 3.8) is 0 Å². The fraction of sp³-hybridized carbons (Fsp3) is 0.500. The van der Waals surface area contributed by atoms with Gasteiger partial charge >= 0.3 is 0 Å². The SMILES string of the molecule is CC[C@@H](C(=O)NC(C)(C)C)N(Cc1cccc(OC)c1)C(=O)CCCN(c1cccc(OC)c1)S(C)(=O)=O. The van der Waals surface area contributed by atoms with Crippen molar-refractivity contribution in [2.24, 2.45) is 0 Å². The van der Waals surface area contributed by atoms with E-state index in [1.54, 1.807) is 36.3 Å². The summed E-state index contributed by atoms with van der Waals surface area (Å²) < 4.78 is 36.9. The van der Waals surface area contributed by atoms with Gasteiger partial charge in [-0.25, -0.2) is 8.42 Å². The number of hydrogen-bond donors (Lipinski definition) is 1. The second kappa shape index (κ2) is 13.5. The molecule has 210 valence electrons. The van der Waals surface area contributed by atoms with E-state index in [0.29, 0.717) is 23.6 Å². The fourth-order valence-electron chi connectivity index (χ4n) is 4.11. The lowest BCUT2D eigenvalue weighted by molar-refractivity contribution is -0.142. The monoisotopic (exact) mass is 547 g/mol. The van der Waals surface area contributed by atoms with Crippen molar-refractivity contribution in [1.29, 1.82) is 0 Å². The van der Waals surface area contributed by atoms with Crippen LogP contribution in [0.4, 0.5) is 5.69 Å². The molecule has 2 rings (SSSR count). The summed E-state index contributed by atoms with van der Waals surface area (Å²) in [5.74, 6) is 0.727. The Balaban J connectivity index is 2.27. The number of nitrogens with zero attached hydrogens (tertiary/aromatic N) is 2. The third kappa shape index (κ3) is 9.24. The van der Waals surface area contributed by atoms with Crippen molar-refractivity contribution in [2.45, 2.75) is 65.1 Å². The van der Waals surface area contributed by atoms with E-state index >= 15 is 0 Å². The maximum atomic E-state index is 13.6. The number of methoxy groups -OCH3 is 2. The number of rotatable bonds is 13. The van der Waals surface area contributed by atoms with Crippen LogP contribution >= 0.6 is 0 Å². The van der Waals surface area contributed by atoms with Crippen LogP contribution in [-0.4, -0.2) is 63.7 Å². The Morgan fingerprint density at radius 2 is 1.61 bits per heavy atom. The van der Waals surface area contributed by atoms with Gasteiger partial charge in [-0.05, 0) is 63.4 Å². The zero-order valence-electron chi connectivity index (χ0n) is 23.5. The van der Waals surface area contributed by atoms with Crippen LogP contribution in [0.3, 0.4) is 0 Å². The number of carbonyl (C=O) groups excluding carboxylic acids is 2. The van der Waals surface area contributed by atoms with Gasteiger partial charge in [0.05, 0.1) is 26.2 Å². The van der Waals surface area contributed by atoms with Gasteiger partial charge in [-0.15, -0.1) is 0 Å². The Labute approximate surface area is 227 Å². The van der Waals surface area contributed by atoms with Crippen LogP contribution in [0, 0.1) is 0 Å². The largest absolute Gasteiger partial charge is 0.497 e. The highest BCUT2D eigenvalue weighted by atomic mass is 32.2. The second-order valence-electron chi connectivity index (χ2n) is 10.2. The molecule has 0 aliphatic rings. The van der Waals surface area contributed by atoms with Gasteiger partial charge in [0, 0.05) is 31.1 Å². The van der Waals surface area contributed by atoms with Gasteiger partial charge in [-0.1, -0.05) is 25.1 Å². The van der Waals surface area contributed by atoms with Gasteiger partial charge < -0.3 is 19.7 Å². The summed E-state index contributed by atoms with van der Waals surface area (Å²) >= 11 is 0. The van der Waals surface area contributed by atoms with Gasteiger partial charge in [-0.2, -0.15) is 0 Å². The second-order valence-corrected chi connectivity index (χ2v) is 12.1. The molecule has 0 unspecified atom stereocenters. The van der Waals surface area contributed by atoms with E-state index < -0.39 is 21.6 Å². The average Bonchev–Trinajstić information content (AvgIpc) is 2.84. The first-order valence-corrected chi connectivity index (χ1v) is 14.5. The van der Waals surface area contributed by atoms with Crippen molar-refractivity contribution < 1.29 is 27.5 Å². The van der Waals surface area contributed by atoms with Crippen LogP contribution in [0.25, 0.3) is 0 Å². The predicted octanol–water partition coefficient (Wildman–Crippen LogP) is 3.97. The predicted molar refractivity (Wildman–Crippen MR) is 150 cm³/mol. The van der Waals surface area contributed by atoms with Gasteiger partial charge in [0.15, 0.2) is 0 Å². The molecule has 0 bridgehead atoms. The van der Waals surface area contributed by atoms with E-state index in [0.717, 1.165) is 11.8 Å². The van der Waals surface area contributed by atoms with E-state index in [2.05, 4.69) is 5.32 Å². The number of amides is 2. The molecule has 38 heavy (non-hydrogen) atoms. The van der Waals surface area contributed by atoms with E-state index in [1.807, 2.05) is 52.0 Å². The molecule has 10 heteroatoms. The number of benzene rings is 2. The maximum Gasteiger partial charge on any atom is 0.243 e. The molecule has 0 aliphatic heterocycles. The van der Waals surface area contributed by atoms with Gasteiger partial charge in [-0.3, -0.25) is 13.9 Å². The molecule has 0 spiro atoms. The van der Waals surface area contributed by atoms with Gasteiger partial charge in [0.2, 0.25) is 21.8 Å². The number of anilines is 1. The zero-order chi connectivity index (χ0) is 28.5. The van der Waals surface area contributed by atoms with Gasteiger partial charge in [0.25, 0.3) is 0 Å². The topological polar surface area (TPSA) is 105 Å². The number of hydrogen-bond acceptors (Lipinski definition) is 6. The van der Waals surface area contributed by atoms with Crippen LogP contribution < -0.4 is 19.1 Å². The first kappa shape index (κ1) is 31.0. The molecule has 1 N–H and O–H groups in total. The average molecular weight is 548 g/mol. The van der Waals surface area contributed by atoms with Crippen LogP contribution in [0.1, 0.15) is 52.5 Å². The summed E-state index contributed by atoms with van der Waals surface area (Å²) in [5.41, 5.74) is 0.833. The molecule has 0 heterocycles. The van der Waals surface area contributed by atoms with E-state index in [4.69, 9.17) is 9.47 Å². The molecule has 0 aromatic heterocycles. The van der Waals surface area contributed by atoms with Crippen LogP contribution in [-0.2, 0) is 26.2 Å². The Bertz CT molecular complexity index is 1190. The van der Waals surface area contributed by atoms with Crippen molar-refractivity contribution in [3.8, 4) is 11.5 Å². The normalized spacial score (nSPS) is 12.4. The number of carbonyl (C=O) groups is 2. The highest BCUT2D eigenvalue weighted by molar-refractivity contribution is 7.92. The summed E-state index contributed by atoms with van der Waals surface area (Å²) in [6.07, 6.45) is 1.90. The smallest absolute Gasteiger partial charge is 0.243 e. The van der Waals surface area contributed by atoms with E-state index in [-0.39, 0.29) is 37.7 Å². The molecule has 2 aromatic carbocycles. The number of nitrogens with one attached hydrogen (secondary N) is 1. The lowest BCUT2D eigenvalue weighted by atomic mass is 10.0. The molecule has 1 atom stereocenters. The van der Waals surface area contributed by atoms with Crippen molar-refractivity contribution in [3.05, 3.63) is 54.1 Å². The third-order valence-corrected chi connectivity index (χ3v) is 7.06. The minimum Gasteiger partial charge on any atom is -0.497 e. The minimum absolute atomic E-state index is 0.0687. The van der Waals surface area contributed by atoms with Crippen LogP contribution in [0.5, 0.6) is 11.5 Å². The molecule has 9 nitrogen and oxygen atoms in total. The van der Waals surface area contributed by atoms with Crippen LogP contribution in [0.15, 0.2) is 48.5 Å². The molecule has 0 radical (unpaired) electrons. The molecule has 0 fully saturated rings. The Hall–Kier alpha value is -3.27. The van der Waals surface area contributed by atoms with Gasteiger partial charge in [0.1, 0.15) is 17.5 Å². The molecule has 0 saturated heterocycles. The van der Waals surface area contributed by atoms with Crippen molar-refractivity contribution in [2.75, 3.05) is 31.3 Å². The van der Waals surface area contributed by atoms with E-state index in [1.165, 1.54) is 11.4 Å². The molecule has 2 aromatic rings. The fourth-order valence-corrected chi connectivity index (χ4v) is 5.07. The van der Waals surface area contributed by atoms with Crippen LogP contribution in [0.2, 0.25) is 0 Å². The Morgan fingerprint density at radius 1 is 1.00 bits per heavy atom. The summed E-state index contributed by atoms with van der Waals surface area (Å²) in [6.45, 7) is 7.87. The number of ether oxygens (including phenoxy) is 2. The van der Waals surface area contributed by atoms with Crippen molar-refractivity contribution >= 4 is 27.5 Å². The quantitative estimate of drug-likeness (QED) is 0.407. The zero-order valence-corrected chi connectivity index (χ0v) is 24.3. The highest BCUT2D eigenvalue weighted by Gasteiger charge is 2.31. The number of sulfonamides is 1. The summed E-state index contributed by atoms with van der Waals surface area (Å²) in [7, 11) is -0.511. The summed E-state index contributed by atoms with van der Waals surface area (Å²) in [4.78, 5) is 28.3. The minimum atomic E-state index is -3.60. The summed E-state index contributed by atoms with van der Waals surface area (Å²) in [6, 6.07) is 13.5. The molecular formula is C28H41N3O6S. The third-order valence-electron chi connectivity index (χ3n) is 5.86. The molecule has 0 saturated carbocycles. The standard InChI is InChI=1S/C28H41N3O6S/c1-8-25(27(33)29-28(2,3)4)30(20-21-12-9-14-23(18-21)36-5)26(32)16-11-17-31(38(7,34)35)22-13-10-15-24(19-22)37-6/h9-10,12-15,18-19,25H,8,11,16-17,20H2,1-7H3,(H,29,33)/t25-/m0/s1. The van der Waals surface area contributed by atoms with Crippen molar-refractivity contribution in [1.82, 2.24) is 10.2 Å². The molecule has 0 aliphatic carbocycles. The molecular weight excluding hydrogens is 506 g/mol. The lowest BCUT2D eigenvalue weighted by Gasteiger charge is -2.33. The molecule has 2 amide bonds. The highest BCUT2D eigenvalue weighted by Crippen LogP contribution is 2.24. The lowest BCUT2D eigenvalue weighted by Crippen LogP contribution is -2.53. The van der Waals surface area contributed by atoms with E-state index in [9.17, 15) is 18.0 Å². The first-order valence-electron chi connectivity index (χ1n) is 12.6. The Morgan fingerprint density at radius 3 is 2.16 bits per heavy atom. The first-order chi connectivity index (χ1) is 17.8. The Kier molecular flexibility index (Phi) is 11.0. The maximum absolute atomic E-state index is 13.6.